The van der Waals surface area contributed by atoms with Crippen molar-refractivity contribution in [3.63, 3.8) is 0 Å². The number of rotatable bonds is 2. The fourth-order valence-corrected chi connectivity index (χ4v) is 2.13. The average molecular weight is 186 g/mol. The quantitative estimate of drug-likeness (QED) is 0.656. The van der Waals surface area contributed by atoms with Crippen LogP contribution in [0.1, 0.15) is 39.5 Å². The summed E-state index contributed by atoms with van der Waals surface area (Å²) in [6.07, 6.45) is 4.36. The van der Waals surface area contributed by atoms with E-state index in [9.17, 15) is 4.79 Å². The van der Waals surface area contributed by atoms with Gasteiger partial charge in [0, 0.05) is 17.1 Å². The van der Waals surface area contributed by atoms with Crippen LogP contribution in [0.5, 0.6) is 0 Å². The number of ketones is 1. The third-order valence-corrected chi connectivity index (χ3v) is 3.18. The minimum absolute atomic E-state index is 0.214. The third kappa shape index (κ3) is 2.51. The van der Waals surface area contributed by atoms with E-state index in [4.69, 9.17) is 0 Å². The van der Waals surface area contributed by atoms with Crippen molar-refractivity contribution in [3.05, 3.63) is 0 Å². The maximum absolute atomic E-state index is 11.6. The monoisotopic (exact) mass is 186 g/mol. The van der Waals surface area contributed by atoms with Crippen LogP contribution in [-0.2, 0) is 4.79 Å². The zero-order valence-electron chi connectivity index (χ0n) is 7.92. The van der Waals surface area contributed by atoms with E-state index in [2.05, 4.69) is 12.6 Å². The second-order valence-corrected chi connectivity index (χ2v) is 4.79. The molecule has 0 N–H and O–H groups in total. The highest BCUT2D eigenvalue weighted by atomic mass is 32.1. The van der Waals surface area contributed by atoms with Crippen molar-refractivity contribution in [3.8, 4) is 0 Å². The Morgan fingerprint density at radius 1 is 1.25 bits per heavy atom. The molecular weight excluding hydrogens is 168 g/mol. The Bertz CT molecular complexity index is 157. The lowest BCUT2D eigenvalue weighted by Crippen LogP contribution is -2.25. The predicted octanol–water partition coefficient (Wildman–Crippen LogP) is 2.70. The van der Waals surface area contributed by atoms with Crippen LogP contribution in [-0.4, -0.2) is 11.0 Å². The highest BCUT2D eigenvalue weighted by Gasteiger charge is 2.25. The molecule has 0 spiro atoms. The van der Waals surface area contributed by atoms with Crippen LogP contribution >= 0.6 is 12.6 Å². The Balaban J connectivity index is 2.39. The molecule has 70 valence electrons. The molecule has 1 aliphatic carbocycles. The van der Waals surface area contributed by atoms with E-state index in [0.717, 1.165) is 25.7 Å². The fraction of sp³-hybridized carbons (Fsp3) is 0.900. The zero-order valence-corrected chi connectivity index (χ0v) is 8.81. The van der Waals surface area contributed by atoms with Crippen LogP contribution in [0.2, 0.25) is 0 Å². The normalized spacial score (nSPS) is 30.7. The van der Waals surface area contributed by atoms with Crippen LogP contribution in [0.4, 0.5) is 0 Å². The van der Waals surface area contributed by atoms with Gasteiger partial charge in [-0.3, -0.25) is 4.79 Å². The molecule has 1 saturated carbocycles. The first kappa shape index (κ1) is 10.1. The van der Waals surface area contributed by atoms with Gasteiger partial charge in [-0.2, -0.15) is 12.6 Å². The molecule has 0 unspecified atom stereocenters. The van der Waals surface area contributed by atoms with Gasteiger partial charge in [-0.05, 0) is 25.7 Å². The van der Waals surface area contributed by atoms with Gasteiger partial charge in [0.05, 0.1) is 0 Å². The summed E-state index contributed by atoms with van der Waals surface area (Å²) in [6, 6.07) is 0. The summed E-state index contributed by atoms with van der Waals surface area (Å²) in [5.41, 5.74) is 0. The molecule has 0 aromatic carbocycles. The van der Waals surface area contributed by atoms with E-state index in [0.29, 0.717) is 17.0 Å². The smallest absolute Gasteiger partial charge is 0.138 e. The van der Waals surface area contributed by atoms with Crippen molar-refractivity contribution in [1.82, 2.24) is 0 Å². The molecule has 1 fully saturated rings. The summed E-state index contributed by atoms with van der Waals surface area (Å²) in [5, 5.41) is 0.543. The second-order valence-electron chi connectivity index (χ2n) is 4.06. The maximum Gasteiger partial charge on any atom is 0.138 e. The van der Waals surface area contributed by atoms with Crippen molar-refractivity contribution in [2.75, 3.05) is 0 Å². The van der Waals surface area contributed by atoms with E-state index in [1.54, 1.807) is 0 Å². The van der Waals surface area contributed by atoms with Gasteiger partial charge in [0.2, 0.25) is 0 Å². The van der Waals surface area contributed by atoms with E-state index in [1.807, 2.05) is 13.8 Å². The molecule has 12 heavy (non-hydrogen) atoms. The van der Waals surface area contributed by atoms with Crippen LogP contribution in [0.15, 0.2) is 0 Å². The van der Waals surface area contributed by atoms with Crippen molar-refractivity contribution < 1.29 is 4.79 Å². The number of thiol groups is 1. The lowest BCUT2D eigenvalue weighted by molar-refractivity contribution is -0.126. The molecule has 1 rings (SSSR count). The first-order valence-electron chi connectivity index (χ1n) is 4.83. The predicted molar refractivity (Wildman–Crippen MR) is 54.6 cm³/mol. The molecule has 0 aromatic heterocycles. The largest absolute Gasteiger partial charge is 0.299 e. The fourth-order valence-electron chi connectivity index (χ4n) is 1.83. The van der Waals surface area contributed by atoms with Gasteiger partial charge < -0.3 is 0 Å². The number of hydrogen-bond donors (Lipinski definition) is 1. The first-order chi connectivity index (χ1) is 5.61. The summed E-state index contributed by atoms with van der Waals surface area (Å²) in [4.78, 5) is 11.6. The molecule has 0 bridgehead atoms. The minimum atomic E-state index is 0.214. The molecule has 0 saturated heterocycles. The molecule has 1 nitrogen and oxygen atoms in total. The Kier molecular flexibility index (Phi) is 3.63. The molecule has 2 heteroatoms. The lowest BCUT2D eigenvalue weighted by atomic mass is 9.82. The Morgan fingerprint density at radius 2 is 1.75 bits per heavy atom. The molecule has 0 aliphatic heterocycles. The molecule has 0 heterocycles. The number of hydrogen-bond acceptors (Lipinski definition) is 2. The Morgan fingerprint density at radius 3 is 2.17 bits per heavy atom. The summed E-state index contributed by atoms with van der Waals surface area (Å²) in [6.45, 7) is 3.99. The average Bonchev–Trinajstić information content (AvgIpc) is 2.04. The van der Waals surface area contributed by atoms with E-state index < -0.39 is 0 Å². The SMILES string of the molecule is CC(C)C(=O)C1CCC(S)CC1. The van der Waals surface area contributed by atoms with Crippen LogP contribution in [0, 0.1) is 11.8 Å². The lowest BCUT2D eigenvalue weighted by Gasteiger charge is -2.25. The molecule has 0 radical (unpaired) electrons. The number of carbonyl (C=O) groups is 1. The molecular formula is C10H18OS. The van der Waals surface area contributed by atoms with Gasteiger partial charge in [0.15, 0.2) is 0 Å². The Labute approximate surface area is 80.3 Å². The van der Waals surface area contributed by atoms with Gasteiger partial charge in [0.25, 0.3) is 0 Å². The molecule has 0 atom stereocenters. The van der Waals surface area contributed by atoms with Crippen molar-refractivity contribution in [2.24, 2.45) is 11.8 Å². The topological polar surface area (TPSA) is 17.1 Å². The maximum atomic E-state index is 11.6. The van der Waals surface area contributed by atoms with Gasteiger partial charge in [0.1, 0.15) is 5.78 Å². The Hall–Kier alpha value is 0.0200. The van der Waals surface area contributed by atoms with E-state index in [-0.39, 0.29) is 5.92 Å². The van der Waals surface area contributed by atoms with Crippen LogP contribution < -0.4 is 0 Å². The minimum Gasteiger partial charge on any atom is -0.299 e. The first-order valence-corrected chi connectivity index (χ1v) is 5.34. The molecule has 0 aromatic rings. The standard InChI is InChI=1S/C10H18OS/c1-7(2)10(11)8-3-5-9(12)6-4-8/h7-9,12H,3-6H2,1-2H3. The van der Waals surface area contributed by atoms with Crippen LogP contribution in [0.3, 0.4) is 0 Å². The summed E-state index contributed by atoms with van der Waals surface area (Å²) >= 11 is 4.41. The molecule has 1 aliphatic rings. The highest BCUT2D eigenvalue weighted by Crippen LogP contribution is 2.29. The van der Waals surface area contributed by atoms with Crippen molar-refractivity contribution >= 4 is 18.4 Å². The highest BCUT2D eigenvalue weighted by molar-refractivity contribution is 7.80. The third-order valence-electron chi connectivity index (χ3n) is 2.67. The zero-order chi connectivity index (χ0) is 9.14. The van der Waals surface area contributed by atoms with E-state index in [1.165, 1.54) is 0 Å². The second kappa shape index (κ2) is 4.31. The van der Waals surface area contributed by atoms with Crippen LogP contribution in [0.25, 0.3) is 0 Å². The van der Waals surface area contributed by atoms with Gasteiger partial charge >= 0.3 is 0 Å². The van der Waals surface area contributed by atoms with Crippen molar-refractivity contribution in [2.45, 2.75) is 44.8 Å². The molecule has 0 amide bonds. The summed E-state index contributed by atoms with van der Waals surface area (Å²) in [7, 11) is 0. The number of Topliss-reactive ketones (excluding diaryl/α,β-unsaturated/α-hetero) is 1. The van der Waals surface area contributed by atoms with E-state index >= 15 is 0 Å². The summed E-state index contributed by atoms with van der Waals surface area (Å²) in [5.74, 6) is 1.01. The summed E-state index contributed by atoms with van der Waals surface area (Å²) < 4.78 is 0. The van der Waals surface area contributed by atoms with Crippen molar-refractivity contribution in [1.29, 1.82) is 0 Å². The van der Waals surface area contributed by atoms with Gasteiger partial charge in [-0.1, -0.05) is 13.8 Å². The van der Waals surface area contributed by atoms with Gasteiger partial charge in [-0.25, -0.2) is 0 Å². The number of carbonyl (C=O) groups excluding carboxylic acids is 1. The van der Waals surface area contributed by atoms with Gasteiger partial charge in [-0.15, -0.1) is 0 Å².